The fraction of sp³-hybridized carbons (Fsp3) is 0.500. The van der Waals surface area contributed by atoms with Crippen LogP contribution in [0.3, 0.4) is 0 Å². The van der Waals surface area contributed by atoms with Crippen molar-refractivity contribution >= 4 is 0 Å². The van der Waals surface area contributed by atoms with E-state index in [1.165, 1.54) is 6.07 Å². The molecule has 60 valence electrons. The van der Waals surface area contributed by atoms with Crippen LogP contribution in [0, 0.1) is 12.7 Å². The maximum Gasteiger partial charge on any atom is 0.148 e. The van der Waals surface area contributed by atoms with Crippen molar-refractivity contribution < 1.29 is 4.39 Å². The minimum absolute atomic E-state index is 0.234. The van der Waals surface area contributed by atoms with Crippen LogP contribution in [0.2, 0.25) is 0 Å². The summed E-state index contributed by atoms with van der Waals surface area (Å²) in [5, 5.41) is 7.52. The Morgan fingerprint density at radius 1 is 1.36 bits per heavy atom. The molecule has 1 aromatic heterocycles. The standard InChI is InChI=1S/C8H11FN2/c1-5(2)8-4-7(9)6(3)10-11-8/h4-5H,1-3H3. The molecule has 11 heavy (non-hydrogen) atoms. The molecule has 0 N–H and O–H groups in total. The van der Waals surface area contributed by atoms with E-state index in [0.29, 0.717) is 11.4 Å². The van der Waals surface area contributed by atoms with Gasteiger partial charge in [-0.05, 0) is 18.9 Å². The number of nitrogens with zero attached hydrogens (tertiary/aromatic N) is 2. The Morgan fingerprint density at radius 3 is 2.45 bits per heavy atom. The molecule has 3 heteroatoms. The molecule has 0 aliphatic heterocycles. The Kier molecular flexibility index (Phi) is 2.17. The molecule has 0 aromatic carbocycles. The average molecular weight is 154 g/mol. The maximum atomic E-state index is 12.8. The van der Waals surface area contributed by atoms with Gasteiger partial charge in [0.05, 0.1) is 11.4 Å². The number of aryl methyl sites for hydroxylation is 1. The Bertz CT molecular complexity index is 258. The summed E-state index contributed by atoms with van der Waals surface area (Å²) in [5.41, 5.74) is 1.06. The number of aromatic nitrogens is 2. The third-order valence-electron chi connectivity index (χ3n) is 1.53. The van der Waals surface area contributed by atoms with Crippen molar-refractivity contribution in [3.05, 3.63) is 23.3 Å². The lowest BCUT2D eigenvalue weighted by Crippen LogP contribution is -1.99. The first-order valence-electron chi connectivity index (χ1n) is 3.61. The van der Waals surface area contributed by atoms with Crippen LogP contribution in [0.4, 0.5) is 4.39 Å². The molecule has 0 aliphatic carbocycles. The molecule has 0 bridgehead atoms. The third-order valence-corrected chi connectivity index (χ3v) is 1.53. The largest absolute Gasteiger partial charge is 0.205 e. The highest BCUT2D eigenvalue weighted by atomic mass is 19.1. The first-order chi connectivity index (χ1) is 5.11. The van der Waals surface area contributed by atoms with Crippen LogP contribution in [0.5, 0.6) is 0 Å². The van der Waals surface area contributed by atoms with E-state index in [0.717, 1.165) is 0 Å². The summed E-state index contributed by atoms with van der Waals surface area (Å²) < 4.78 is 12.8. The SMILES string of the molecule is Cc1nnc(C(C)C)cc1F. The molecule has 2 nitrogen and oxygen atoms in total. The van der Waals surface area contributed by atoms with Crippen LogP contribution in [0.15, 0.2) is 6.07 Å². The fourth-order valence-corrected chi connectivity index (χ4v) is 0.726. The van der Waals surface area contributed by atoms with Crippen molar-refractivity contribution in [3.63, 3.8) is 0 Å². The molecule has 0 amide bonds. The van der Waals surface area contributed by atoms with Crippen LogP contribution in [0.25, 0.3) is 0 Å². The summed E-state index contributed by atoms with van der Waals surface area (Å²) in [6.45, 7) is 5.52. The summed E-state index contributed by atoms with van der Waals surface area (Å²) >= 11 is 0. The van der Waals surface area contributed by atoms with Crippen LogP contribution < -0.4 is 0 Å². The Morgan fingerprint density at radius 2 is 2.00 bits per heavy atom. The Balaban J connectivity index is 3.05. The highest BCUT2D eigenvalue weighted by Crippen LogP contribution is 2.12. The van der Waals surface area contributed by atoms with Crippen LogP contribution in [-0.4, -0.2) is 10.2 Å². The van der Waals surface area contributed by atoms with Gasteiger partial charge in [0.25, 0.3) is 0 Å². The minimum atomic E-state index is -0.274. The molecule has 0 saturated carbocycles. The van der Waals surface area contributed by atoms with Gasteiger partial charge in [-0.15, -0.1) is 0 Å². The molecule has 0 unspecified atom stereocenters. The fourth-order valence-electron chi connectivity index (χ4n) is 0.726. The van der Waals surface area contributed by atoms with Crippen molar-refractivity contribution in [1.29, 1.82) is 0 Å². The molecule has 1 heterocycles. The van der Waals surface area contributed by atoms with Crippen LogP contribution >= 0.6 is 0 Å². The predicted molar refractivity (Wildman–Crippen MR) is 40.8 cm³/mol. The second-order valence-electron chi connectivity index (χ2n) is 2.86. The van der Waals surface area contributed by atoms with E-state index in [1.54, 1.807) is 6.92 Å². The zero-order valence-corrected chi connectivity index (χ0v) is 6.93. The first-order valence-corrected chi connectivity index (χ1v) is 3.61. The number of rotatable bonds is 1. The van der Waals surface area contributed by atoms with Gasteiger partial charge in [-0.25, -0.2) is 4.39 Å². The molecule has 0 fully saturated rings. The molecule has 0 aliphatic rings. The van der Waals surface area contributed by atoms with Gasteiger partial charge >= 0.3 is 0 Å². The van der Waals surface area contributed by atoms with Crippen LogP contribution in [0.1, 0.15) is 31.2 Å². The molecule has 0 atom stereocenters. The van der Waals surface area contributed by atoms with Crippen molar-refractivity contribution in [1.82, 2.24) is 10.2 Å². The summed E-state index contributed by atoms with van der Waals surface area (Å²) in [5.74, 6) is -0.0405. The molecule has 1 rings (SSSR count). The van der Waals surface area contributed by atoms with Crippen molar-refractivity contribution in [3.8, 4) is 0 Å². The number of hydrogen-bond donors (Lipinski definition) is 0. The lowest BCUT2D eigenvalue weighted by atomic mass is 10.1. The highest BCUT2D eigenvalue weighted by Gasteiger charge is 2.04. The summed E-state index contributed by atoms with van der Waals surface area (Å²) in [6.07, 6.45) is 0. The monoisotopic (exact) mass is 154 g/mol. The van der Waals surface area contributed by atoms with Crippen LogP contribution in [-0.2, 0) is 0 Å². The van der Waals surface area contributed by atoms with Gasteiger partial charge in [-0.2, -0.15) is 10.2 Å². The van der Waals surface area contributed by atoms with E-state index in [9.17, 15) is 4.39 Å². The second kappa shape index (κ2) is 2.95. The predicted octanol–water partition coefficient (Wildman–Crippen LogP) is 2.05. The minimum Gasteiger partial charge on any atom is -0.205 e. The topological polar surface area (TPSA) is 25.8 Å². The number of halogens is 1. The second-order valence-corrected chi connectivity index (χ2v) is 2.86. The van der Waals surface area contributed by atoms with Gasteiger partial charge in [0, 0.05) is 0 Å². The molecule has 0 saturated heterocycles. The zero-order chi connectivity index (χ0) is 8.43. The first kappa shape index (κ1) is 8.11. The van der Waals surface area contributed by atoms with Crippen molar-refractivity contribution in [2.45, 2.75) is 26.7 Å². The van der Waals surface area contributed by atoms with E-state index >= 15 is 0 Å². The summed E-state index contributed by atoms with van der Waals surface area (Å²) in [4.78, 5) is 0. The maximum absolute atomic E-state index is 12.8. The zero-order valence-electron chi connectivity index (χ0n) is 6.93. The van der Waals surface area contributed by atoms with Gasteiger partial charge in [0.1, 0.15) is 5.82 Å². The van der Waals surface area contributed by atoms with E-state index in [1.807, 2.05) is 13.8 Å². The van der Waals surface area contributed by atoms with Gasteiger partial charge in [0.15, 0.2) is 0 Å². The smallest absolute Gasteiger partial charge is 0.148 e. The Labute approximate surface area is 65.5 Å². The van der Waals surface area contributed by atoms with Gasteiger partial charge in [0.2, 0.25) is 0 Å². The molecule has 0 radical (unpaired) electrons. The molecule has 0 spiro atoms. The van der Waals surface area contributed by atoms with Gasteiger partial charge < -0.3 is 0 Å². The molecular formula is C8H11FN2. The average Bonchev–Trinajstić information content (AvgIpc) is 1.94. The normalized spacial score (nSPS) is 10.6. The van der Waals surface area contributed by atoms with Crippen molar-refractivity contribution in [2.75, 3.05) is 0 Å². The van der Waals surface area contributed by atoms with E-state index in [2.05, 4.69) is 10.2 Å². The summed E-state index contributed by atoms with van der Waals surface area (Å²) in [6, 6.07) is 1.44. The van der Waals surface area contributed by atoms with E-state index in [-0.39, 0.29) is 11.7 Å². The quantitative estimate of drug-likeness (QED) is 0.618. The van der Waals surface area contributed by atoms with E-state index in [4.69, 9.17) is 0 Å². The summed E-state index contributed by atoms with van der Waals surface area (Å²) in [7, 11) is 0. The lowest BCUT2D eigenvalue weighted by molar-refractivity contribution is 0.590. The Hall–Kier alpha value is -0.990. The third kappa shape index (κ3) is 1.73. The molecular weight excluding hydrogens is 143 g/mol. The lowest BCUT2D eigenvalue weighted by Gasteiger charge is -2.02. The highest BCUT2D eigenvalue weighted by molar-refractivity contribution is 5.10. The van der Waals surface area contributed by atoms with Gasteiger partial charge in [-0.1, -0.05) is 13.8 Å². The number of hydrogen-bond acceptors (Lipinski definition) is 2. The van der Waals surface area contributed by atoms with Gasteiger partial charge in [-0.3, -0.25) is 0 Å². The van der Waals surface area contributed by atoms with E-state index < -0.39 is 0 Å². The molecule has 1 aromatic rings. The van der Waals surface area contributed by atoms with Crippen molar-refractivity contribution in [2.24, 2.45) is 0 Å².